The molecule has 1 aromatic carbocycles. The third-order valence-corrected chi connectivity index (χ3v) is 1.88. The molecule has 74 valence electrons. The van der Waals surface area contributed by atoms with E-state index in [0.717, 1.165) is 11.1 Å². The van der Waals surface area contributed by atoms with Gasteiger partial charge in [-0.25, -0.2) is 0 Å². The van der Waals surface area contributed by atoms with Crippen molar-refractivity contribution in [1.29, 1.82) is 0 Å². The minimum absolute atomic E-state index is 0.157. The minimum atomic E-state index is 0.157. The number of rotatable bonds is 4. The Balaban J connectivity index is 2.68. The molecule has 0 spiro atoms. The van der Waals surface area contributed by atoms with E-state index >= 15 is 0 Å². The lowest BCUT2D eigenvalue weighted by atomic mass is 10.1. The molecular weight excluding hydrogens is 176 g/mol. The smallest absolute Gasteiger partial charge is 0.134 e. The van der Waals surface area contributed by atoms with E-state index in [9.17, 15) is 4.79 Å². The van der Waals surface area contributed by atoms with Crippen LogP contribution in [0, 0.1) is 0 Å². The summed E-state index contributed by atoms with van der Waals surface area (Å²) in [5.41, 5.74) is 2.01. The number of aliphatic hydroxyl groups excluding tert-OH is 1. The summed E-state index contributed by atoms with van der Waals surface area (Å²) < 4.78 is 0. The Hall–Kier alpha value is -1.57. The number of aliphatic hydroxyl groups is 1. The predicted octanol–water partition coefficient (Wildman–Crippen LogP) is 2.43. The lowest BCUT2D eigenvalue weighted by Crippen LogP contribution is -1.96. The van der Waals surface area contributed by atoms with Gasteiger partial charge in [-0.1, -0.05) is 30.8 Å². The molecule has 2 nitrogen and oxygen atoms in total. The van der Waals surface area contributed by atoms with E-state index in [1.54, 1.807) is 6.92 Å². The highest BCUT2D eigenvalue weighted by Gasteiger charge is 1.98. The first kappa shape index (κ1) is 10.5. The van der Waals surface area contributed by atoms with Gasteiger partial charge in [0.1, 0.15) is 5.78 Å². The summed E-state index contributed by atoms with van der Waals surface area (Å²) in [6, 6.07) is 7.61. The maximum absolute atomic E-state index is 10.8. The third kappa shape index (κ3) is 3.44. The SMILES string of the molecule is C=C(O)Cc1ccc(CC(C)=O)cc1. The van der Waals surface area contributed by atoms with Gasteiger partial charge in [-0.15, -0.1) is 0 Å². The number of carbonyl (C=O) groups is 1. The summed E-state index contributed by atoms with van der Waals surface area (Å²) in [5, 5.41) is 8.97. The Kier molecular flexibility index (Phi) is 3.46. The molecule has 0 aliphatic heterocycles. The number of carbonyl (C=O) groups excluding carboxylic acids is 1. The van der Waals surface area contributed by atoms with Gasteiger partial charge in [0, 0.05) is 12.8 Å². The normalized spacial score (nSPS) is 9.79. The van der Waals surface area contributed by atoms with E-state index in [-0.39, 0.29) is 11.5 Å². The summed E-state index contributed by atoms with van der Waals surface area (Å²) in [5.74, 6) is 0.314. The molecule has 2 heteroatoms. The fraction of sp³-hybridized carbons (Fsp3) is 0.250. The van der Waals surface area contributed by atoms with Gasteiger partial charge in [0.25, 0.3) is 0 Å². The minimum Gasteiger partial charge on any atom is -0.513 e. The number of hydrogen-bond donors (Lipinski definition) is 1. The lowest BCUT2D eigenvalue weighted by Gasteiger charge is -2.01. The van der Waals surface area contributed by atoms with Crippen LogP contribution in [0.25, 0.3) is 0 Å². The molecular formula is C12H14O2. The second-order valence-electron chi connectivity index (χ2n) is 3.44. The Morgan fingerprint density at radius 1 is 1.21 bits per heavy atom. The van der Waals surface area contributed by atoms with Crippen molar-refractivity contribution in [2.75, 3.05) is 0 Å². The Bertz CT molecular complexity index is 301. The van der Waals surface area contributed by atoms with Crippen LogP contribution in [0.1, 0.15) is 18.1 Å². The summed E-state index contributed by atoms with van der Waals surface area (Å²) in [4.78, 5) is 10.8. The standard InChI is InChI=1S/C12H14O2/c1-9(13)7-11-3-5-12(6-4-11)8-10(2)14/h3-6,13H,1,7-8H2,2H3. The van der Waals surface area contributed by atoms with Crippen molar-refractivity contribution in [2.24, 2.45) is 0 Å². The Morgan fingerprint density at radius 3 is 2.00 bits per heavy atom. The van der Waals surface area contributed by atoms with Crippen molar-refractivity contribution in [1.82, 2.24) is 0 Å². The highest BCUT2D eigenvalue weighted by molar-refractivity contribution is 5.78. The maximum atomic E-state index is 10.8. The van der Waals surface area contributed by atoms with Crippen LogP contribution in [0.4, 0.5) is 0 Å². The van der Waals surface area contributed by atoms with E-state index in [0.29, 0.717) is 12.8 Å². The average molecular weight is 190 g/mol. The molecule has 0 amide bonds. The van der Waals surface area contributed by atoms with Gasteiger partial charge >= 0.3 is 0 Å². The van der Waals surface area contributed by atoms with Crippen LogP contribution in [-0.2, 0) is 17.6 Å². The molecule has 0 unspecified atom stereocenters. The zero-order chi connectivity index (χ0) is 10.6. The van der Waals surface area contributed by atoms with Crippen molar-refractivity contribution in [3.05, 3.63) is 47.7 Å². The first-order chi connectivity index (χ1) is 6.58. The van der Waals surface area contributed by atoms with E-state index in [1.165, 1.54) is 0 Å². The monoisotopic (exact) mass is 190 g/mol. The molecule has 0 atom stereocenters. The molecule has 0 saturated carbocycles. The van der Waals surface area contributed by atoms with Crippen LogP contribution in [0.5, 0.6) is 0 Å². The molecule has 1 rings (SSSR count). The van der Waals surface area contributed by atoms with E-state index in [1.807, 2.05) is 24.3 Å². The molecule has 1 N–H and O–H groups in total. The number of ketones is 1. The van der Waals surface area contributed by atoms with Gasteiger partial charge in [-0.05, 0) is 18.1 Å². The van der Waals surface area contributed by atoms with Gasteiger partial charge in [-0.2, -0.15) is 0 Å². The molecule has 1 aromatic rings. The van der Waals surface area contributed by atoms with Crippen LogP contribution in [0.2, 0.25) is 0 Å². The topological polar surface area (TPSA) is 37.3 Å². The summed E-state index contributed by atoms with van der Waals surface area (Å²) in [7, 11) is 0. The third-order valence-electron chi connectivity index (χ3n) is 1.88. The summed E-state index contributed by atoms with van der Waals surface area (Å²) in [6.45, 7) is 5.00. The van der Waals surface area contributed by atoms with Gasteiger partial charge < -0.3 is 5.11 Å². The van der Waals surface area contributed by atoms with E-state index in [2.05, 4.69) is 6.58 Å². The van der Waals surface area contributed by atoms with Crippen LogP contribution in [-0.4, -0.2) is 10.9 Å². The Labute approximate surface area is 83.9 Å². The van der Waals surface area contributed by atoms with Gasteiger partial charge in [0.2, 0.25) is 0 Å². The van der Waals surface area contributed by atoms with Crippen LogP contribution in [0.3, 0.4) is 0 Å². The fourth-order valence-electron chi connectivity index (χ4n) is 1.30. The average Bonchev–Trinajstić information content (AvgIpc) is 2.06. The Morgan fingerprint density at radius 2 is 1.64 bits per heavy atom. The first-order valence-electron chi connectivity index (χ1n) is 4.52. The summed E-state index contributed by atoms with van der Waals surface area (Å²) in [6.07, 6.45) is 0.945. The fourth-order valence-corrected chi connectivity index (χ4v) is 1.30. The zero-order valence-corrected chi connectivity index (χ0v) is 8.29. The molecule has 0 saturated heterocycles. The lowest BCUT2D eigenvalue weighted by molar-refractivity contribution is -0.116. The van der Waals surface area contributed by atoms with Crippen molar-refractivity contribution >= 4 is 5.78 Å². The number of allylic oxidation sites excluding steroid dienone is 1. The molecule has 0 fully saturated rings. The highest BCUT2D eigenvalue weighted by atomic mass is 16.3. The summed E-state index contributed by atoms with van der Waals surface area (Å²) >= 11 is 0. The molecule has 14 heavy (non-hydrogen) atoms. The second-order valence-corrected chi connectivity index (χ2v) is 3.44. The first-order valence-corrected chi connectivity index (χ1v) is 4.52. The molecule has 0 aliphatic rings. The van der Waals surface area contributed by atoms with Gasteiger partial charge in [0.05, 0.1) is 5.76 Å². The predicted molar refractivity (Wildman–Crippen MR) is 56.3 cm³/mol. The van der Waals surface area contributed by atoms with E-state index < -0.39 is 0 Å². The number of benzene rings is 1. The second kappa shape index (κ2) is 4.61. The van der Waals surface area contributed by atoms with Crippen molar-refractivity contribution < 1.29 is 9.90 Å². The molecule has 0 radical (unpaired) electrons. The van der Waals surface area contributed by atoms with Gasteiger partial charge in [0.15, 0.2) is 0 Å². The number of hydrogen-bond acceptors (Lipinski definition) is 2. The van der Waals surface area contributed by atoms with Gasteiger partial charge in [-0.3, -0.25) is 4.79 Å². The van der Waals surface area contributed by atoms with Crippen molar-refractivity contribution in [3.63, 3.8) is 0 Å². The number of Topliss-reactive ketones (excluding diaryl/α,β-unsaturated/α-hetero) is 1. The van der Waals surface area contributed by atoms with E-state index in [4.69, 9.17) is 5.11 Å². The van der Waals surface area contributed by atoms with Crippen LogP contribution < -0.4 is 0 Å². The van der Waals surface area contributed by atoms with Crippen LogP contribution in [0.15, 0.2) is 36.6 Å². The highest BCUT2D eigenvalue weighted by Crippen LogP contribution is 2.08. The molecule has 0 aliphatic carbocycles. The largest absolute Gasteiger partial charge is 0.513 e. The quantitative estimate of drug-likeness (QED) is 0.740. The maximum Gasteiger partial charge on any atom is 0.134 e. The zero-order valence-electron chi connectivity index (χ0n) is 8.29. The van der Waals surface area contributed by atoms with Crippen molar-refractivity contribution in [3.8, 4) is 0 Å². The molecule has 0 bridgehead atoms. The molecule has 0 aromatic heterocycles. The van der Waals surface area contributed by atoms with Crippen LogP contribution >= 0.6 is 0 Å². The molecule has 0 heterocycles. The van der Waals surface area contributed by atoms with Crippen molar-refractivity contribution in [2.45, 2.75) is 19.8 Å².